The molecule has 2 aliphatic rings. The van der Waals surface area contributed by atoms with Crippen molar-refractivity contribution in [3.05, 3.63) is 90.3 Å². The summed E-state index contributed by atoms with van der Waals surface area (Å²) in [7, 11) is 2.13. The first kappa shape index (κ1) is 21.3. The van der Waals surface area contributed by atoms with Crippen LogP contribution in [0.5, 0.6) is 0 Å². The molecule has 6 nitrogen and oxygen atoms in total. The second-order valence-corrected chi connectivity index (χ2v) is 10.2. The maximum atomic E-state index is 13.1. The van der Waals surface area contributed by atoms with E-state index in [1.807, 2.05) is 18.5 Å². The zero-order chi connectivity index (χ0) is 24.3. The molecular formula is C30H27N5O. The number of likely N-dealkylation sites (tertiary alicyclic amines) is 1. The average molecular weight is 474 g/mol. The second-order valence-electron chi connectivity index (χ2n) is 10.2. The average Bonchev–Trinajstić information content (AvgIpc) is 3.43. The SMILES string of the molecule is CN1CCC2(CC1)C(=O)Nc1cc(-c3ccc4cnn(Cc5ccc6ncccc6c5)c4c3)ccc12. The summed E-state index contributed by atoms with van der Waals surface area (Å²) in [5.41, 5.74) is 7.24. The molecular weight excluding hydrogens is 446 g/mol. The lowest BCUT2D eigenvalue weighted by Gasteiger charge is -2.36. The number of rotatable bonds is 3. The minimum Gasteiger partial charge on any atom is -0.325 e. The fraction of sp³-hybridized carbons (Fsp3) is 0.233. The molecule has 5 aromatic rings. The maximum absolute atomic E-state index is 13.1. The Bertz CT molecular complexity index is 1640. The Kier molecular flexibility index (Phi) is 4.73. The Morgan fingerprint density at radius 3 is 2.67 bits per heavy atom. The number of amides is 1. The monoisotopic (exact) mass is 473 g/mol. The lowest BCUT2D eigenvalue weighted by Crippen LogP contribution is -2.45. The molecule has 2 aromatic heterocycles. The van der Waals surface area contributed by atoms with E-state index in [2.05, 4.69) is 92.7 Å². The van der Waals surface area contributed by atoms with Crippen molar-refractivity contribution in [2.75, 3.05) is 25.5 Å². The summed E-state index contributed by atoms with van der Waals surface area (Å²) in [5, 5.41) is 10.1. The smallest absolute Gasteiger partial charge is 0.235 e. The number of pyridine rings is 1. The fourth-order valence-corrected chi connectivity index (χ4v) is 5.88. The number of aromatic nitrogens is 3. The zero-order valence-corrected chi connectivity index (χ0v) is 20.2. The van der Waals surface area contributed by atoms with Crippen LogP contribution in [0.25, 0.3) is 32.9 Å². The van der Waals surface area contributed by atoms with Gasteiger partial charge in [0.05, 0.1) is 29.2 Å². The van der Waals surface area contributed by atoms with Gasteiger partial charge in [0.2, 0.25) is 5.91 Å². The number of piperidine rings is 1. The van der Waals surface area contributed by atoms with E-state index in [4.69, 9.17) is 0 Å². The number of hydrogen-bond acceptors (Lipinski definition) is 4. The fourth-order valence-electron chi connectivity index (χ4n) is 5.88. The van der Waals surface area contributed by atoms with Crippen LogP contribution in [-0.4, -0.2) is 45.7 Å². The minimum atomic E-state index is -0.377. The molecule has 0 bridgehead atoms. The van der Waals surface area contributed by atoms with E-state index in [9.17, 15) is 4.79 Å². The van der Waals surface area contributed by atoms with Crippen molar-refractivity contribution in [2.45, 2.75) is 24.8 Å². The summed E-state index contributed by atoms with van der Waals surface area (Å²) in [4.78, 5) is 19.8. The molecule has 7 rings (SSSR count). The highest BCUT2D eigenvalue weighted by atomic mass is 16.2. The number of carbonyl (C=O) groups is 1. The maximum Gasteiger partial charge on any atom is 0.235 e. The van der Waals surface area contributed by atoms with Gasteiger partial charge in [-0.3, -0.25) is 14.5 Å². The van der Waals surface area contributed by atoms with Gasteiger partial charge < -0.3 is 10.2 Å². The molecule has 1 fully saturated rings. The predicted molar refractivity (Wildman–Crippen MR) is 143 cm³/mol. The summed E-state index contributed by atoms with van der Waals surface area (Å²) in [6.45, 7) is 2.58. The summed E-state index contributed by atoms with van der Waals surface area (Å²) in [5.74, 6) is 0.155. The van der Waals surface area contributed by atoms with E-state index in [0.29, 0.717) is 6.54 Å². The van der Waals surface area contributed by atoms with Gasteiger partial charge in [-0.05, 0) is 85.6 Å². The van der Waals surface area contributed by atoms with Crippen molar-refractivity contribution in [3.8, 4) is 11.1 Å². The van der Waals surface area contributed by atoms with E-state index in [1.54, 1.807) is 0 Å². The van der Waals surface area contributed by atoms with Crippen LogP contribution in [0.2, 0.25) is 0 Å². The Balaban J connectivity index is 1.22. The van der Waals surface area contributed by atoms with Gasteiger partial charge in [0.25, 0.3) is 0 Å². The van der Waals surface area contributed by atoms with Gasteiger partial charge in [-0.2, -0.15) is 5.10 Å². The van der Waals surface area contributed by atoms with Crippen molar-refractivity contribution in [3.63, 3.8) is 0 Å². The molecule has 4 heterocycles. The van der Waals surface area contributed by atoms with Crippen LogP contribution in [0.4, 0.5) is 5.69 Å². The second kappa shape index (κ2) is 8.00. The van der Waals surface area contributed by atoms with Gasteiger partial charge in [-0.25, -0.2) is 0 Å². The number of fused-ring (bicyclic) bond motifs is 4. The summed E-state index contributed by atoms with van der Waals surface area (Å²) >= 11 is 0. The van der Waals surface area contributed by atoms with Crippen LogP contribution >= 0.6 is 0 Å². The molecule has 1 spiro atoms. The quantitative estimate of drug-likeness (QED) is 0.391. The van der Waals surface area contributed by atoms with Crippen LogP contribution in [0.1, 0.15) is 24.0 Å². The van der Waals surface area contributed by atoms with Gasteiger partial charge in [0, 0.05) is 22.7 Å². The summed E-state index contributed by atoms with van der Waals surface area (Å²) in [6.07, 6.45) is 5.49. The standard InChI is InChI=1S/C30H27N5O/c1-34-13-10-30(11-14-34)25-8-7-21(16-27(25)33-29(30)36)22-5-6-24-18-32-35(28(24)17-22)19-20-4-9-26-23(15-20)3-2-12-31-26/h2-9,12,15-18H,10-11,13-14,19H2,1H3,(H,33,36). The van der Waals surface area contributed by atoms with Gasteiger partial charge in [-0.1, -0.05) is 36.4 Å². The first-order valence-electron chi connectivity index (χ1n) is 12.5. The van der Waals surface area contributed by atoms with Gasteiger partial charge >= 0.3 is 0 Å². The number of anilines is 1. The van der Waals surface area contributed by atoms with Crippen LogP contribution < -0.4 is 5.32 Å². The lowest BCUT2D eigenvalue weighted by atomic mass is 9.73. The van der Waals surface area contributed by atoms with E-state index in [0.717, 1.165) is 70.1 Å². The third-order valence-corrected chi connectivity index (χ3v) is 8.04. The number of benzene rings is 3. The molecule has 6 heteroatoms. The molecule has 0 aliphatic carbocycles. The molecule has 2 aliphatic heterocycles. The van der Waals surface area contributed by atoms with Crippen molar-refractivity contribution in [2.24, 2.45) is 0 Å². The summed E-state index contributed by atoms with van der Waals surface area (Å²) in [6, 6.07) is 23.4. The molecule has 0 saturated carbocycles. The van der Waals surface area contributed by atoms with E-state index >= 15 is 0 Å². The number of hydrogen-bond donors (Lipinski definition) is 1. The highest BCUT2D eigenvalue weighted by Gasteiger charge is 2.47. The molecule has 1 N–H and O–H groups in total. The van der Waals surface area contributed by atoms with Crippen LogP contribution in [0, 0.1) is 0 Å². The van der Waals surface area contributed by atoms with Crippen LogP contribution in [0.15, 0.2) is 79.1 Å². The largest absolute Gasteiger partial charge is 0.325 e. The lowest BCUT2D eigenvalue weighted by molar-refractivity contribution is -0.122. The molecule has 0 unspecified atom stereocenters. The third kappa shape index (κ3) is 3.33. The molecule has 1 amide bonds. The first-order valence-corrected chi connectivity index (χ1v) is 12.5. The third-order valence-electron chi connectivity index (χ3n) is 8.04. The van der Waals surface area contributed by atoms with Crippen molar-refractivity contribution < 1.29 is 4.79 Å². The molecule has 0 radical (unpaired) electrons. The first-order chi connectivity index (χ1) is 17.6. The molecule has 0 atom stereocenters. The topological polar surface area (TPSA) is 63.1 Å². The number of carbonyl (C=O) groups excluding carboxylic acids is 1. The normalized spacial score (nSPS) is 17.1. The summed E-state index contributed by atoms with van der Waals surface area (Å²) < 4.78 is 2.05. The van der Waals surface area contributed by atoms with Crippen LogP contribution in [-0.2, 0) is 16.8 Å². The Morgan fingerprint density at radius 1 is 0.944 bits per heavy atom. The molecule has 1 saturated heterocycles. The van der Waals surface area contributed by atoms with Crippen molar-refractivity contribution in [1.82, 2.24) is 19.7 Å². The Morgan fingerprint density at radius 2 is 1.78 bits per heavy atom. The highest BCUT2D eigenvalue weighted by Crippen LogP contribution is 2.46. The predicted octanol–water partition coefficient (Wildman–Crippen LogP) is 5.22. The molecule has 178 valence electrons. The van der Waals surface area contributed by atoms with E-state index in [-0.39, 0.29) is 11.3 Å². The van der Waals surface area contributed by atoms with Gasteiger partial charge in [0.1, 0.15) is 0 Å². The Labute approximate surface area is 209 Å². The zero-order valence-electron chi connectivity index (χ0n) is 20.2. The minimum absolute atomic E-state index is 0.155. The van der Waals surface area contributed by atoms with Crippen molar-refractivity contribution >= 4 is 33.4 Å². The highest BCUT2D eigenvalue weighted by molar-refractivity contribution is 6.07. The van der Waals surface area contributed by atoms with E-state index in [1.165, 1.54) is 5.56 Å². The van der Waals surface area contributed by atoms with E-state index < -0.39 is 0 Å². The van der Waals surface area contributed by atoms with Gasteiger partial charge in [-0.15, -0.1) is 0 Å². The number of nitrogens with one attached hydrogen (secondary N) is 1. The van der Waals surface area contributed by atoms with Crippen LogP contribution in [0.3, 0.4) is 0 Å². The molecule has 3 aromatic carbocycles. The van der Waals surface area contributed by atoms with Gasteiger partial charge in [0.15, 0.2) is 0 Å². The van der Waals surface area contributed by atoms with Crippen molar-refractivity contribution in [1.29, 1.82) is 0 Å². The molecule has 36 heavy (non-hydrogen) atoms. The number of nitrogens with zero attached hydrogens (tertiary/aromatic N) is 4. The Hall–Kier alpha value is -4.03.